The summed E-state index contributed by atoms with van der Waals surface area (Å²) in [6.07, 6.45) is 0. The summed E-state index contributed by atoms with van der Waals surface area (Å²) in [5.74, 6) is -0.253. The number of carbonyl (C=O) groups is 1. The Morgan fingerprint density at radius 3 is 2.71 bits per heavy atom. The third-order valence-electron chi connectivity index (χ3n) is 2.40. The lowest BCUT2D eigenvalue weighted by Gasteiger charge is -2.08. The van der Waals surface area contributed by atoms with Gasteiger partial charge < -0.3 is 5.32 Å². The van der Waals surface area contributed by atoms with Gasteiger partial charge in [-0.25, -0.2) is 9.89 Å². The molecule has 0 fully saturated rings. The molecule has 21 heavy (non-hydrogen) atoms. The highest BCUT2D eigenvalue weighted by atomic mass is 35.5. The fourth-order valence-electron chi connectivity index (χ4n) is 1.44. The van der Waals surface area contributed by atoms with Gasteiger partial charge in [0.05, 0.1) is 27.2 Å². The van der Waals surface area contributed by atoms with Gasteiger partial charge in [-0.3, -0.25) is 4.79 Å². The van der Waals surface area contributed by atoms with Crippen molar-refractivity contribution in [3.63, 3.8) is 0 Å². The van der Waals surface area contributed by atoms with Crippen LogP contribution < -0.4 is 11.0 Å². The van der Waals surface area contributed by atoms with E-state index in [1.54, 1.807) is 25.1 Å². The summed E-state index contributed by atoms with van der Waals surface area (Å²) >= 11 is 13.0. The van der Waals surface area contributed by atoms with Crippen LogP contribution >= 0.6 is 35.0 Å². The van der Waals surface area contributed by atoms with Crippen LogP contribution in [0.1, 0.15) is 5.69 Å². The van der Waals surface area contributed by atoms with Crippen molar-refractivity contribution >= 4 is 46.6 Å². The molecule has 0 saturated heterocycles. The molecule has 9 heteroatoms. The molecule has 110 valence electrons. The van der Waals surface area contributed by atoms with Gasteiger partial charge in [0.2, 0.25) is 5.91 Å². The second kappa shape index (κ2) is 6.93. The molecule has 0 saturated carbocycles. The smallest absolute Gasteiger partial charge is 0.323 e. The minimum Gasteiger partial charge on any atom is -0.323 e. The molecular weight excluding hydrogens is 335 g/mol. The first-order valence-electron chi connectivity index (χ1n) is 5.77. The Kier molecular flexibility index (Phi) is 5.22. The number of anilines is 1. The SMILES string of the molecule is Cc1n[nH]c(=O)nc1SCC(=O)Nc1c(Cl)cccc1Cl. The summed E-state index contributed by atoms with van der Waals surface area (Å²) in [5.41, 5.74) is 0.348. The molecule has 0 atom stereocenters. The van der Waals surface area contributed by atoms with Crippen LogP contribution in [-0.4, -0.2) is 26.8 Å². The normalized spacial score (nSPS) is 10.4. The fourth-order valence-corrected chi connectivity index (χ4v) is 2.67. The van der Waals surface area contributed by atoms with Gasteiger partial charge in [-0.2, -0.15) is 10.1 Å². The van der Waals surface area contributed by atoms with Gasteiger partial charge in [-0.05, 0) is 19.1 Å². The Hall–Kier alpha value is -1.57. The van der Waals surface area contributed by atoms with Crippen LogP contribution in [0.15, 0.2) is 28.0 Å². The molecule has 1 heterocycles. The van der Waals surface area contributed by atoms with Crippen LogP contribution in [0.5, 0.6) is 0 Å². The number of halogens is 2. The van der Waals surface area contributed by atoms with Crippen molar-refractivity contribution < 1.29 is 4.79 Å². The van der Waals surface area contributed by atoms with Crippen molar-refractivity contribution in [1.29, 1.82) is 0 Å². The van der Waals surface area contributed by atoms with E-state index in [1.165, 1.54) is 0 Å². The van der Waals surface area contributed by atoms with Crippen LogP contribution in [0.3, 0.4) is 0 Å². The van der Waals surface area contributed by atoms with Gasteiger partial charge in [0.1, 0.15) is 5.03 Å². The van der Waals surface area contributed by atoms with E-state index in [0.29, 0.717) is 26.5 Å². The van der Waals surface area contributed by atoms with Crippen LogP contribution in [-0.2, 0) is 4.79 Å². The Balaban J connectivity index is 2.03. The minimum absolute atomic E-state index is 0.0561. The largest absolute Gasteiger partial charge is 0.362 e. The number of rotatable bonds is 4. The van der Waals surface area contributed by atoms with Crippen LogP contribution in [0.2, 0.25) is 10.0 Å². The summed E-state index contributed by atoms with van der Waals surface area (Å²) in [7, 11) is 0. The van der Waals surface area contributed by atoms with Crippen LogP contribution in [0.25, 0.3) is 0 Å². The number of H-pyrrole nitrogens is 1. The van der Waals surface area contributed by atoms with Crippen molar-refractivity contribution in [2.45, 2.75) is 11.9 Å². The van der Waals surface area contributed by atoms with E-state index >= 15 is 0 Å². The Morgan fingerprint density at radius 1 is 1.38 bits per heavy atom. The molecular formula is C12H10Cl2N4O2S. The standard InChI is InChI=1S/C12H10Cl2N4O2S/c1-6-11(16-12(20)18-17-6)21-5-9(19)15-10-7(13)3-2-4-8(10)14/h2-4H,5H2,1H3,(H,15,19)(H,16,18,20). The molecule has 0 bridgehead atoms. The first-order chi connectivity index (χ1) is 9.97. The quantitative estimate of drug-likeness (QED) is 0.832. The number of para-hydroxylation sites is 1. The maximum atomic E-state index is 11.9. The van der Waals surface area contributed by atoms with Gasteiger partial charge in [0.25, 0.3) is 0 Å². The minimum atomic E-state index is -0.558. The predicted octanol–water partition coefficient (Wildman–Crippen LogP) is 2.51. The maximum Gasteiger partial charge on any atom is 0.362 e. The third kappa shape index (κ3) is 4.20. The van der Waals surface area contributed by atoms with E-state index in [0.717, 1.165) is 11.8 Å². The molecule has 0 spiro atoms. The highest BCUT2D eigenvalue weighted by Gasteiger charge is 2.11. The fraction of sp³-hybridized carbons (Fsp3) is 0.167. The summed E-state index contributed by atoms with van der Waals surface area (Å²) in [6, 6.07) is 4.94. The van der Waals surface area contributed by atoms with Gasteiger partial charge in [-0.15, -0.1) is 0 Å². The second-order valence-electron chi connectivity index (χ2n) is 3.96. The first kappa shape index (κ1) is 15.8. The summed E-state index contributed by atoms with van der Waals surface area (Å²) < 4.78 is 0. The number of hydrogen-bond acceptors (Lipinski definition) is 5. The van der Waals surface area contributed by atoms with E-state index in [-0.39, 0.29) is 11.7 Å². The molecule has 1 amide bonds. The molecule has 0 unspecified atom stereocenters. The molecule has 0 aliphatic carbocycles. The van der Waals surface area contributed by atoms with Crippen molar-refractivity contribution in [2.75, 3.05) is 11.1 Å². The monoisotopic (exact) mass is 344 g/mol. The number of hydrogen-bond donors (Lipinski definition) is 2. The van der Waals surface area contributed by atoms with Crippen molar-refractivity contribution in [3.05, 3.63) is 44.4 Å². The van der Waals surface area contributed by atoms with Crippen molar-refractivity contribution in [3.8, 4) is 0 Å². The molecule has 2 rings (SSSR count). The number of thioether (sulfide) groups is 1. The highest BCUT2D eigenvalue weighted by molar-refractivity contribution is 8.00. The summed E-state index contributed by atoms with van der Waals surface area (Å²) in [4.78, 5) is 26.7. The molecule has 0 radical (unpaired) electrons. The maximum absolute atomic E-state index is 11.9. The lowest BCUT2D eigenvalue weighted by Crippen LogP contribution is -2.17. The Bertz CT molecular complexity index is 715. The average molecular weight is 345 g/mol. The Labute approximate surface area is 134 Å². The molecule has 2 N–H and O–H groups in total. The van der Waals surface area contributed by atoms with Crippen LogP contribution in [0, 0.1) is 6.92 Å². The van der Waals surface area contributed by atoms with Gasteiger partial charge >= 0.3 is 5.69 Å². The summed E-state index contributed by atoms with van der Waals surface area (Å²) in [5, 5.41) is 9.73. The number of aromatic amines is 1. The highest BCUT2D eigenvalue weighted by Crippen LogP contribution is 2.30. The zero-order chi connectivity index (χ0) is 15.4. The number of nitrogens with one attached hydrogen (secondary N) is 2. The first-order valence-corrected chi connectivity index (χ1v) is 7.51. The van der Waals surface area contributed by atoms with Gasteiger partial charge in [0, 0.05) is 0 Å². The molecule has 1 aromatic heterocycles. The molecule has 6 nitrogen and oxygen atoms in total. The van der Waals surface area contributed by atoms with Gasteiger partial charge in [0.15, 0.2) is 0 Å². The van der Waals surface area contributed by atoms with E-state index in [4.69, 9.17) is 23.2 Å². The third-order valence-corrected chi connectivity index (χ3v) is 4.10. The molecule has 0 aliphatic rings. The number of aromatic nitrogens is 3. The van der Waals surface area contributed by atoms with Gasteiger partial charge in [-0.1, -0.05) is 41.0 Å². The average Bonchev–Trinajstić information content (AvgIpc) is 2.44. The zero-order valence-electron chi connectivity index (χ0n) is 10.8. The summed E-state index contributed by atoms with van der Waals surface area (Å²) in [6.45, 7) is 1.69. The van der Waals surface area contributed by atoms with E-state index < -0.39 is 5.69 Å². The number of nitrogens with zero attached hydrogens (tertiary/aromatic N) is 2. The number of amides is 1. The number of benzene rings is 1. The Morgan fingerprint density at radius 2 is 2.05 bits per heavy atom. The topological polar surface area (TPSA) is 87.7 Å². The predicted molar refractivity (Wildman–Crippen MR) is 83.2 cm³/mol. The molecule has 2 aromatic rings. The number of aryl methyl sites for hydroxylation is 1. The van der Waals surface area contributed by atoms with E-state index in [2.05, 4.69) is 20.5 Å². The van der Waals surface area contributed by atoms with Crippen molar-refractivity contribution in [2.24, 2.45) is 0 Å². The second-order valence-corrected chi connectivity index (χ2v) is 5.74. The molecule has 0 aliphatic heterocycles. The number of carbonyl (C=O) groups excluding carboxylic acids is 1. The zero-order valence-corrected chi connectivity index (χ0v) is 13.1. The van der Waals surface area contributed by atoms with Crippen LogP contribution in [0.4, 0.5) is 5.69 Å². The lowest BCUT2D eigenvalue weighted by molar-refractivity contribution is -0.113. The molecule has 1 aromatic carbocycles. The van der Waals surface area contributed by atoms with E-state index in [9.17, 15) is 9.59 Å². The van der Waals surface area contributed by atoms with E-state index in [1.807, 2.05) is 0 Å². The van der Waals surface area contributed by atoms with Crippen molar-refractivity contribution in [1.82, 2.24) is 15.2 Å². The lowest BCUT2D eigenvalue weighted by atomic mass is 10.3.